The second kappa shape index (κ2) is 7.25. The van der Waals surface area contributed by atoms with Crippen molar-refractivity contribution < 1.29 is 22.4 Å². The van der Waals surface area contributed by atoms with E-state index in [1.807, 2.05) is 0 Å². The first-order valence-electron chi connectivity index (χ1n) is 7.79. The third kappa shape index (κ3) is 3.91. The average Bonchev–Trinajstić information content (AvgIpc) is 2.58. The molecule has 0 heterocycles. The van der Waals surface area contributed by atoms with E-state index in [9.17, 15) is 22.4 Å². The van der Waals surface area contributed by atoms with Crippen LogP contribution in [0, 0.1) is 12.7 Å². The van der Waals surface area contributed by atoms with Crippen molar-refractivity contribution in [3.8, 4) is 0 Å². The van der Waals surface area contributed by atoms with Crippen LogP contribution in [0.5, 0.6) is 0 Å². The number of anilines is 1. The Morgan fingerprint density at radius 2 is 1.65 bits per heavy atom. The van der Waals surface area contributed by atoms with E-state index in [-0.39, 0.29) is 27.3 Å². The van der Waals surface area contributed by atoms with E-state index in [4.69, 9.17) is 5.73 Å². The molecule has 0 aromatic heterocycles. The van der Waals surface area contributed by atoms with E-state index in [2.05, 4.69) is 5.32 Å². The lowest BCUT2D eigenvalue weighted by atomic mass is 10.1. The summed E-state index contributed by atoms with van der Waals surface area (Å²) in [7, 11) is -3.44. The van der Waals surface area contributed by atoms with Crippen molar-refractivity contribution in [2.24, 2.45) is 5.73 Å². The van der Waals surface area contributed by atoms with Crippen molar-refractivity contribution in [3.05, 3.63) is 58.9 Å². The van der Waals surface area contributed by atoms with Gasteiger partial charge in [0.1, 0.15) is 5.82 Å². The van der Waals surface area contributed by atoms with Crippen LogP contribution in [0.15, 0.2) is 41.3 Å². The summed E-state index contributed by atoms with van der Waals surface area (Å²) >= 11 is 0. The Hall–Kier alpha value is -2.74. The van der Waals surface area contributed by atoms with Gasteiger partial charge in [0, 0.05) is 22.4 Å². The zero-order valence-electron chi connectivity index (χ0n) is 14.5. The average molecular weight is 378 g/mol. The predicted molar refractivity (Wildman–Crippen MR) is 96.4 cm³/mol. The second-order valence-electron chi connectivity index (χ2n) is 6.07. The summed E-state index contributed by atoms with van der Waals surface area (Å²) in [4.78, 5) is 23.7. The molecule has 0 atom stereocenters. The topological polar surface area (TPSA) is 106 Å². The first-order valence-corrected chi connectivity index (χ1v) is 9.34. The number of nitrogens with one attached hydrogen (secondary N) is 1. The summed E-state index contributed by atoms with van der Waals surface area (Å²) in [5.74, 6) is -2.06. The number of sulfone groups is 1. The summed E-state index contributed by atoms with van der Waals surface area (Å²) < 4.78 is 38.1. The van der Waals surface area contributed by atoms with Crippen LogP contribution in [0.25, 0.3) is 0 Å². The van der Waals surface area contributed by atoms with Gasteiger partial charge < -0.3 is 11.1 Å². The zero-order valence-corrected chi connectivity index (χ0v) is 15.4. The van der Waals surface area contributed by atoms with Crippen molar-refractivity contribution in [3.63, 3.8) is 0 Å². The number of amides is 2. The second-order valence-corrected chi connectivity index (χ2v) is 8.57. The molecule has 0 fully saturated rings. The molecule has 3 N–H and O–H groups in total. The van der Waals surface area contributed by atoms with Gasteiger partial charge in [-0.3, -0.25) is 9.59 Å². The highest BCUT2D eigenvalue weighted by molar-refractivity contribution is 7.92. The third-order valence-corrected chi connectivity index (χ3v) is 6.11. The Labute approximate surface area is 151 Å². The molecule has 26 heavy (non-hydrogen) atoms. The number of carbonyl (C=O) groups is 2. The molecule has 2 rings (SSSR count). The van der Waals surface area contributed by atoms with Crippen molar-refractivity contribution in [2.75, 3.05) is 5.32 Å². The van der Waals surface area contributed by atoms with E-state index in [1.54, 1.807) is 13.8 Å². The lowest BCUT2D eigenvalue weighted by Crippen LogP contribution is -2.17. The maximum atomic E-state index is 13.9. The normalized spacial score (nSPS) is 11.4. The molecule has 138 valence electrons. The molecule has 0 radical (unpaired) electrons. The minimum Gasteiger partial charge on any atom is -0.366 e. The molecule has 6 nitrogen and oxygen atoms in total. The molecule has 0 aliphatic rings. The highest BCUT2D eigenvalue weighted by Crippen LogP contribution is 2.22. The molecule has 8 heteroatoms. The minimum atomic E-state index is -3.44. The summed E-state index contributed by atoms with van der Waals surface area (Å²) in [5.41, 5.74) is 5.54. The molecule has 2 aromatic carbocycles. The molecule has 0 saturated carbocycles. The number of primary amides is 1. The van der Waals surface area contributed by atoms with Crippen LogP contribution in [0.3, 0.4) is 0 Å². The van der Waals surface area contributed by atoms with E-state index < -0.39 is 32.7 Å². The van der Waals surface area contributed by atoms with E-state index >= 15 is 0 Å². The fourth-order valence-electron chi connectivity index (χ4n) is 2.21. The highest BCUT2D eigenvalue weighted by atomic mass is 32.2. The Morgan fingerprint density at radius 3 is 2.15 bits per heavy atom. The molecule has 0 aliphatic carbocycles. The maximum Gasteiger partial charge on any atom is 0.255 e. The molecular formula is C18H19FN2O4S. The van der Waals surface area contributed by atoms with Crippen LogP contribution in [0.4, 0.5) is 10.1 Å². The standard InChI is InChI=1S/C18H19FN2O4S/c1-10(2)26(24,25)14-6-4-12(5-7-14)18(23)21-16-9-13(17(20)22)8-15(19)11(16)3/h4-10H,1-3H3,(H2,20,22)(H,21,23). The summed E-state index contributed by atoms with van der Waals surface area (Å²) in [5, 5.41) is 1.93. The van der Waals surface area contributed by atoms with Crippen molar-refractivity contribution in [2.45, 2.75) is 30.9 Å². The number of rotatable bonds is 5. The lowest BCUT2D eigenvalue weighted by molar-refractivity contribution is 0.0995. The van der Waals surface area contributed by atoms with Gasteiger partial charge in [-0.1, -0.05) is 0 Å². The van der Waals surface area contributed by atoms with Crippen LogP contribution >= 0.6 is 0 Å². The highest BCUT2D eigenvalue weighted by Gasteiger charge is 2.20. The van der Waals surface area contributed by atoms with Crippen LogP contribution < -0.4 is 11.1 Å². The van der Waals surface area contributed by atoms with Crippen LogP contribution in [0.1, 0.15) is 40.1 Å². The van der Waals surface area contributed by atoms with Gasteiger partial charge >= 0.3 is 0 Å². The summed E-state index contributed by atoms with van der Waals surface area (Å²) in [6, 6.07) is 7.71. The molecule has 0 bridgehead atoms. The van der Waals surface area contributed by atoms with Gasteiger partial charge in [0.15, 0.2) is 9.84 Å². The summed E-state index contributed by atoms with van der Waals surface area (Å²) in [6.07, 6.45) is 0. The molecule has 2 aromatic rings. The number of hydrogen-bond acceptors (Lipinski definition) is 4. The molecule has 0 aliphatic heterocycles. The number of nitrogens with two attached hydrogens (primary N) is 1. The lowest BCUT2D eigenvalue weighted by Gasteiger charge is -2.12. The van der Waals surface area contributed by atoms with Crippen molar-refractivity contribution in [1.29, 1.82) is 0 Å². The van der Waals surface area contributed by atoms with Gasteiger partial charge in [-0.2, -0.15) is 0 Å². The van der Waals surface area contributed by atoms with Crippen LogP contribution in [-0.4, -0.2) is 25.5 Å². The van der Waals surface area contributed by atoms with Crippen molar-refractivity contribution in [1.82, 2.24) is 0 Å². The van der Waals surface area contributed by atoms with Gasteiger partial charge in [0.25, 0.3) is 5.91 Å². The Bertz CT molecular complexity index is 967. The monoisotopic (exact) mass is 378 g/mol. The number of halogens is 1. The third-order valence-electron chi connectivity index (χ3n) is 3.94. The molecule has 2 amide bonds. The van der Waals surface area contributed by atoms with E-state index in [0.717, 1.165) is 6.07 Å². The largest absolute Gasteiger partial charge is 0.366 e. The predicted octanol–water partition coefficient (Wildman–Crippen LogP) is 2.67. The quantitative estimate of drug-likeness (QED) is 0.834. The maximum absolute atomic E-state index is 13.9. The Kier molecular flexibility index (Phi) is 5.46. The van der Waals surface area contributed by atoms with E-state index in [0.29, 0.717) is 0 Å². The number of carbonyl (C=O) groups excluding carboxylic acids is 2. The number of hydrogen-bond donors (Lipinski definition) is 2. The Morgan fingerprint density at radius 1 is 1.08 bits per heavy atom. The first kappa shape index (κ1) is 19.6. The SMILES string of the molecule is Cc1c(F)cc(C(N)=O)cc1NC(=O)c1ccc(S(=O)(=O)C(C)C)cc1. The molecular weight excluding hydrogens is 359 g/mol. The molecule has 0 saturated heterocycles. The van der Waals surface area contributed by atoms with Gasteiger partial charge in [-0.25, -0.2) is 12.8 Å². The number of benzene rings is 2. The minimum absolute atomic E-state index is 0.0678. The van der Waals surface area contributed by atoms with Gasteiger partial charge in [0.2, 0.25) is 5.91 Å². The zero-order chi connectivity index (χ0) is 19.6. The van der Waals surface area contributed by atoms with Crippen LogP contribution in [-0.2, 0) is 9.84 Å². The van der Waals surface area contributed by atoms with Gasteiger partial charge in [-0.05, 0) is 57.2 Å². The Balaban J connectivity index is 2.30. The summed E-state index contributed by atoms with van der Waals surface area (Å²) in [6.45, 7) is 4.59. The van der Waals surface area contributed by atoms with Gasteiger partial charge in [-0.15, -0.1) is 0 Å². The first-order chi connectivity index (χ1) is 12.0. The van der Waals surface area contributed by atoms with Crippen molar-refractivity contribution >= 4 is 27.3 Å². The molecule has 0 unspecified atom stereocenters. The fourth-order valence-corrected chi connectivity index (χ4v) is 3.27. The van der Waals surface area contributed by atoms with Crippen LogP contribution in [0.2, 0.25) is 0 Å². The fraction of sp³-hybridized carbons (Fsp3) is 0.222. The van der Waals surface area contributed by atoms with Gasteiger partial charge in [0.05, 0.1) is 10.1 Å². The van der Waals surface area contributed by atoms with E-state index in [1.165, 1.54) is 37.3 Å². The molecule has 0 spiro atoms. The smallest absolute Gasteiger partial charge is 0.255 e.